The van der Waals surface area contributed by atoms with Crippen LogP contribution >= 0.6 is 0 Å². The number of rotatable bonds is 4. The van der Waals surface area contributed by atoms with Gasteiger partial charge in [0.1, 0.15) is 12.1 Å². The second-order valence-electron chi connectivity index (χ2n) is 7.99. The van der Waals surface area contributed by atoms with Crippen LogP contribution in [0.5, 0.6) is 0 Å². The number of nitrogens with zero attached hydrogens (tertiary/aromatic N) is 4. The molecule has 170 valence electrons. The number of anilines is 1. The number of benzene rings is 2. The van der Waals surface area contributed by atoms with Gasteiger partial charge in [0.2, 0.25) is 0 Å². The Labute approximate surface area is 193 Å². The van der Waals surface area contributed by atoms with E-state index in [1.54, 1.807) is 39.8 Å². The first-order valence-corrected chi connectivity index (χ1v) is 10.5. The van der Waals surface area contributed by atoms with Gasteiger partial charge in [-0.05, 0) is 60.0 Å². The summed E-state index contributed by atoms with van der Waals surface area (Å²) in [6, 6.07) is 12.4. The molecule has 9 nitrogen and oxygen atoms in total. The van der Waals surface area contributed by atoms with Crippen LogP contribution in [0.25, 0.3) is 5.65 Å². The quantitative estimate of drug-likeness (QED) is 0.486. The Balaban J connectivity index is 1.34. The molecule has 0 bridgehead atoms. The summed E-state index contributed by atoms with van der Waals surface area (Å²) in [5, 5.41) is 10.4. The van der Waals surface area contributed by atoms with E-state index in [-0.39, 0.29) is 17.2 Å². The minimum atomic E-state index is -0.921. The summed E-state index contributed by atoms with van der Waals surface area (Å²) in [5.41, 5.74) is 8.60. The lowest BCUT2D eigenvalue weighted by Gasteiger charge is -2.29. The predicted octanol–water partition coefficient (Wildman–Crippen LogP) is 2.42. The summed E-state index contributed by atoms with van der Waals surface area (Å²) in [5.74, 6) is -2.23. The first kappa shape index (κ1) is 21.3. The van der Waals surface area contributed by atoms with Crippen molar-refractivity contribution in [3.63, 3.8) is 0 Å². The Hall–Kier alpha value is -4.60. The number of halogens is 1. The van der Waals surface area contributed by atoms with Crippen LogP contribution in [0.4, 0.5) is 10.1 Å². The van der Waals surface area contributed by atoms with Gasteiger partial charge in [-0.25, -0.2) is 4.39 Å². The molecule has 0 saturated heterocycles. The van der Waals surface area contributed by atoms with Crippen molar-refractivity contribution in [2.45, 2.75) is 13.0 Å². The van der Waals surface area contributed by atoms with Gasteiger partial charge in [0.15, 0.2) is 5.65 Å². The van der Waals surface area contributed by atoms with Gasteiger partial charge in [0.05, 0.1) is 11.1 Å². The van der Waals surface area contributed by atoms with Crippen LogP contribution in [0.15, 0.2) is 61.1 Å². The van der Waals surface area contributed by atoms with Crippen LogP contribution in [0.1, 0.15) is 42.2 Å². The molecular weight excluding hydrogens is 439 g/mol. The fourth-order valence-electron chi connectivity index (χ4n) is 4.00. The minimum absolute atomic E-state index is 0.124. The van der Waals surface area contributed by atoms with E-state index in [1.165, 1.54) is 18.5 Å². The van der Waals surface area contributed by atoms with Crippen molar-refractivity contribution in [2.75, 3.05) is 11.9 Å². The number of fused-ring (bicyclic) bond motifs is 2. The van der Waals surface area contributed by atoms with Crippen LogP contribution in [0.3, 0.4) is 0 Å². The summed E-state index contributed by atoms with van der Waals surface area (Å²) in [4.78, 5) is 38.9. The largest absolute Gasteiger partial charge is 0.366 e. The van der Waals surface area contributed by atoms with E-state index in [0.717, 1.165) is 17.2 Å². The van der Waals surface area contributed by atoms with Crippen molar-refractivity contribution in [3.8, 4) is 0 Å². The summed E-state index contributed by atoms with van der Waals surface area (Å²) < 4.78 is 15.4. The number of carbonyl (C=O) groups is 3. The summed E-state index contributed by atoms with van der Waals surface area (Å²) in [7, 11) is 0. The maximum atomic E-state index is 13.7. The molecule has 2 aromatic carbocycles. The summed E-state index contributed by atoms with van der Waals surface area (Å²) >= 11 is 0. The number of pyridine rings is 1. The van der Waals surface area contributed by atoms with E-state index in [4.69, 9.17) is 5.73 Å². The lowest BCUT2D eigenvalue weighted by atomic mass is 9.96. The molecule has 4 aromatic rings. The van der Waals surface area contributed by atoms with E-state index < -0.39 is 17.6 Å². The van der Waals surface area contributed by atoms with Crippen molar-refractivity contribution in [1.29, 1.82) is 0 Å². The molecule has 3 heterocycles. The average molecular weight is 458 g/mol. The monoisotopic (exact) mass is 458 g/mol. The number of amides is 3. The highest BCUT2D eigenvalue weighted by Gasteiger charge is 2.23. The van der Waals surface area contributed by atoms with Crippen LogP contribution in [-0.4, -0.2) is 43.8 Å². The number of nitrogens with two attached hydrogens (primary N) is 1. The molecule has 0 aliphatic carbocycles. The SMILES string of the molecule is NC(=O)c1cc(NC(=O)c2ccc3c(c2)CN(C(=O)c2ccc4nncn4c2)CC3)ccc1F. The number of primary amides is 1. The highest BCUT2D eigenvalue weighted by Crippen LogP contribution is 2.23. The zero-order chi connectivity index (χ0) is 23.8. The Morgan fingerprint density at radius 1 is 1.00 bits per heavy atom. The molecule has 5 rings (SSSR count). The third kappa shape index (κ3) is 3.96. The van der Waals surface area contributed by atoms with Gasteiger partial charge in [-0.2, -0.15) is 0 Å². The van der Waals surface area contributed by atoms with E-state index in [9.17, 15) is 18.8 Å². The number of aromatic nitrogens is 3. The van der Waals surface area contributed by atoms with E-state index in [2.05, 4.69) is 15.5 Å². The Morgan fingerprint density at radius 3 is 2.65 bits per heavy atom. The first-order valence-electron chi connectivity index (χ1n) is 10.5. The van der Waals surface area contributed by atoms with E-state index in [1.807, 2.05) is 6.07 Å². The molecule has 10 heteroatoms. The molecule has 0 radical (unpaired) electrons. The van der Waals surface area contributed by atoms with Crippen molar-refractivity contribution in [1.82, 2.24) is 19.5 Å². The highest BCUT2D eigenvalue weighted by atomic mass is 19.1. The standard InChI is InChI=1S/C24H19FN6O3/c25-20-5-4-18(10-19(20)22(26)32)28-23(33)15-2-1-14-7-8-30(12-17(14)9-15)24(34)16-3-6-21-29-27-13-31(21)11-16/h1-6,9-11,13H,7-8,12H2,(H2,26,32)(H,28,33). The minimum Gasteiger partial charge on any atom is -0.366 e. The van der Waals surface area contributed by atoms with Crippen LogP contribution in [0.2, 0.25) is 0 Å². The normalized spacial score (nSPS) is 12.9. The highest BCUT2D eigenvalue weighted by molar-refractivity contribution is 6.05. The van der Waals surface area contributed by atoms with Crippen LogP contribution in [-0.2, 0) is 13.0 Å². The fraction of sp³-hybridized carbons (Fsp3) is 0.125. The molecule has 3 N–H and O–H groups in total. The maximum absolute atomic E-state index is 13.7. The van der Waals surface area contributed by atoms with Crippen molar-refractivity contribution < 1.29 is 18.8 Å². The molecule has 1 aliphatic heterocycles. The molecule has 0 spiro atoms. The van der Waals surface area contributed by atoms with Gasteiger partial charge in [-0.3, -0.25) is 18.8 Å². The summed E-state index contributed by atoms with van der Waals surface area (Å²) in [6.45, 7) is 0.918. The Bertz CT molecular complexity index is 1460. The van der Waals surface area contributed by atoms with E-state index in [0.29, 0.717) is 36.3 Å². The lowest BCUT2D eigenvalue weighted by Crippen LogP contribution is -2.36. The van der Waals surface area contributed by atoms with Crippen molar-refractivity contribution >= 4 is 29.1 Å². The maximum Gasteiger partial charge on any atom is 0.255 e. The van der Waals surface area contributed by atoms with Gasteiger partial charge in [0.25, 0.3) is 17.7 Å². The van der Waals surface area contributed by atoms with Crippen molar-refractivity contribution in [2.24, 2.45) is 5.73 Å². The second kappa shape index (κ2) is 8.39. The fourth-order valence-corrected chi connectivity index (χ4v) is 4.00. The lowest BCUT2D eigenvalue weighted by molar-refractivity contribution is 0.0734. The van der Waals surface area contributed by atoms with Gasteiger partial charge in [-0.1, -0.05) is 6.07 Å². The number of nitrogens with one attached hydrogen (secondary N) is 1. The molecule has 0 saturated carbocycles. The van der Waals surface area contributed by atoms with Crippen LogP contribution in [0, 0.1) is 5.82 Å². The van der Waals surface area contributed by atoms with E-state index >= 15 is 0 Å². The number of hydrogen-bond donors (Lipinski definition) is 2. The number of carbonyl (C=O) groups excluding carboxylic acids is 3. The molecule has 2 aromatic heterocycles. The molecule has 0 fully saturated rings. The summed E-state index contributed by atoms with van der Waals surface area (Å²) in [6.07, 6.45) is 3.90. The van der Waals surface area contributed by atoms with Crippen molar-refractivity contribution in [3.05, 3.63) is 94.7 Å². The predicted molar refractivity (Wildman–Crippen MR) is 121 cm³/mol. The third-order valence-corrected chi connectivity index (χ3v) is 5.80. The Kier molecular flexibility index (Phi) is 5.25. The van der Waals surface area contributed by atoms with Gasteiger partial charge < -0.3 is 16.0 Å². The zero-order valence-corrected chi connectivity index (χ0v) is 17.9. The first-order chi connectivity index (χ1) is 16.4. The van der Waals surface area contributed by atoms with Gasteiger partial charge in [0, 0.05) is 30.5 Å². The molecule has 3 amide bonds. The third-order valence-electron chi connectivity index (χ3n) is 5.80. The molecule has 34 heavy (non-hydrogen) atoms. The average Bonchev–Trinajstić information content (AvgIpc) is 3.32. The molecule has 0 atom stereocenters. The Morgan fingerprint density at radius 2 is 1.82 bits per heavy atom. The van der Waals surface area contributed by atoms with Gasteiger partial charge in [-0.15, -0.1) is 10.2 Å². The van der Waals surface area contributed by atoms with Gasteiger partial charge >= 0.3 is 0 Å². The molecule has 0 unspecified atom stereocenters. The second-order valence-corrected chi connectivity index (χ2v) is 7.99. The van der Waals surface area contributed by atoms with Crippen LogP contribution < -0.4 is 11.1 Å². The smallest absolute Gasteiger partial charge is 0.255 e. The number of hydrogen-bond acceptors (Lipinski definition) is 5. The zero-order valence-electron chi connectivity index (χ0n) is 17.9. The molecule has 1 aliphatic rings. The topological polar surface area (TPSA) is 123 Å². The molecular formula is C24H19FN6O3.